The van der Waals surface area contributed by atoms with Gasteiger partial charge in [-0.15, -0.1) is 0 Å². The summed E-state index contributed by atoms with van der Waals surface area (Å²) in [6.07, 6.45) is 8.82. The minimum absolute atomic E-state index is 0.632. The van der Waals surface area contributed by atoms with E-state index in [9.17, 15) is 0 Å². The summed E-state index contributed by atoms with van der Waals surface area (Å²) in [5.41, 5.74) is 2.58. The first-order chi connectivity index (χ1) is 10.2. The normalized spacial score (nSPS) is 30.5. The van der Waals surface area contributed by atoms with Gasteiger partial charge in [0.25, 0.3) is 0 Å². The van der Waals surface area contributed by atoms with E-state index in [2.05, 4.69) is 36.0 Å². The molecule has 4 rings (SSSR count). The van der Waals surface area contributed by atoms with Crippen LogP contribution in [0.15, 0.2) is 16.2 Å². The number of fused-ring (bicyclic) bond motifs is 3. The van der Waals surface area contributed by atoms with Gasteiger partial charge in [-0.05, 0) is 62.8 Å². The fraction of sp³-hybridized carbons (Fsp3) is 0.722. The van der Waals surface area contributed by atoms with Crippen LogP contribution >= 0.6 is 0 Å². The second-order valence-electron chi connectivity index (χ2n) is 6.76. The van der Waals surface area contributed by atoms with E-state index in [-0.39, 0.29) is 0 Å². The van der Waals surface area contributed by atoms with Crippen LogP contribution < -0.4 is 0 Å². The van der Waals surface area contributed by atoms with Crippen LogP contribution in [0.2, 0.25) is 0 Å². The third-order valence-corrected chi connectivity index (χ3v) is 5.49. The molecule has 3 aliphatic heterocycles. The summed E-state index contributed by atoms with van der Waals surface area (Å²) < 4.78 is 5.44. The minimum atomic E-state index is 0.632. The Balaban J connectivity index is 1.85. The number of piperidine rings is 3. The Morgan fingerprint density at radius 1 is 1.33 bits per heavy atom. The average molecular weight is 288 g/mol. The largest absolute Gasteiger partial charge is 0.357 e. The highest BCUT2D eigenvalue weighted by molar-refractivity contribution is 5.51. The standard InChI is InChI=1S/C18H28N2O/c1-4-14(5-2)11-18-17(12-16-10-13(3)19-21-16)15-6-8-20(18)9-7-15/h10,12,14-15,18H,4-9,11H2,1-3H3/b17-12+/t18-/m0/s1. The van der Waals surface area contributed by atoms with Gasteiger partial charge in [-0.25, -0.2) is 0 Å². The van der Waals surface area contributed by atoms with Gasteiger partial charge in [0.15, 0.2) is 5.76 Å². The molecule has 116 valence electrons. The summed E-state index contributed by atoms with van der Waals surface area (Å²) >= 11 is 0. The van der Waals surface area contributed by atoms with E-state index in [0.29, 0.717) is 6.04 Å². The molecule has 0 radical (unpaired) electrons. The van der Waals surface area contributed by atoms with Crippen LogP contribution in [0.5, 0.6) is 0 Å². The van der Waals surface area contributed by atoms with Gasteiger partial charge in [-0.1, -0.05) is 31.8 Å². The lowest BCUT2D eigenvalue weighted by Crippen LogP contribution is -2.50. The molecule has 1 aromatic rings. The van der Waals surface area contributed by atoms with Gasteiger partial charge in [0.2, 0.25) is 0 Å². The summed E-state index contributed by atoms with van der Waals surface area (Å²) in [5, 5.41) is 4.03. The van der Waals surface area contributed by atoms with E-state index in [1.807, 2.05) is 6.92 Å². The predicted molar refractivity (Wildman–Crippen MR) is 86.0 cm³/mol. The van der Waals surface area contributed by atoms with Crippen molar-refractivity contribution in [1.29, 1.82) is 0 Å². The highest BCUT2D eigenvalue weighted by Gasteiger charge is 2.38. The third kappa shape index (κ3) is 3.08. The number of hydrogen-bond acceptors (Lipinski definition) is 3. The van der Waals surface area contributed by atoms with Crippen molar-refractivity contribution in [2.24, 2.45) is 11.8 Å². The maximum Gasteiger partial charge on any atom is 0.159 e. The maximum atomic E-state index is 5.44. The molecule has 0 N–H and O–H groups in total. The minimum Gasteiger partial charge on any atom is -0.357 e. The topological polar surface area (TPSA) is 29.3 Å². The summed E-state index contributed by atoms with van der Waals surface area (Å²) in [7, 11) is 0. The van der Waals surface area contributed by atoms with E-state index in [0.717, 1.165) is 23.3 Å². The lowest BCUT2D eigenvalue weighted by Gasteiger charge is -2.48. The molecular weight excluding hydrogens is 260 g/mol. The lowest BCUT2D eigenvalue weighted by atomic mass is 9.75. The van der Waals surface area contributed by atoms with Crippen LogP contribution in [0.1, 0.15) is 57.4 Å². The van der Waals surface area contributed by atoms with Crippen LogP contribution in [0.25, 0.3) is 6.08 Å². The van der Waals surface area contributed by atoms with Crippen molar-refractivity contribution in [1.82, 2.24) is 10.1 Å². The molecular formula is C18H28N2O. The zero-order valence-electron chi connectivity index (χ0n) is 13.6. The van der Waals surface area contributed by atoms with E-state index >= 15 is 0 Å². The Bertz CT molecular complexity index is 493. The zero-order chi connectivity index (χ0) is 14.8. The molecule has 1 aromatic heterocycles. The highest BCUT2D eigenvalue weighted by atomic mass is 16.5. The highest BCUT2D eigenvalue weighted by Crippen LogP contribution is 2.40. The molecule has 0 spiro atoms. The number of rotatable bonds is 5. The summed E-state index contributed by atoms with van der Waals surface area (Å²) in [6.45, 7) is 9.20. The maximum absolute atomic E-state index is 5.44. The molecule has 21 heavy (non-hydrogen) atoms. The van der Waals surface area contributed by atoms with Crippen LogP contribution in [0, 0.1) is 18.8 Å². The molecule has 3 fully saturated rings. The number of hydrogen-bond donors (Lipinski definition) is 0. The predicted octanol–water partition coefficient (Wildman–Crippen LogP) is 4.29. The molecule has 4 heterocycles. The van der Waals surface area contributed by atoms with Gasteiger partial charge in [-0.3, -0.25) is 4.90 Å². The van der Waals surface area contributed by atoms with E-state index in [4.69, 9.17) is 4.52 Å². The molecule has 0 unspecified atom stereocenters. The Kier molecular flexibility index (Phi) is 4.48. The Morgan fingerprint density at radius 3 is 2.62 bits per heavy atom. The third-order valence-electron chi connectivity index (χ3n) is 5.49. The van der Waals surface area contributed by atoms with E-state index in [1.165, 1.54) is 45.2 Å². The first-order valence-corrected chi connectivity index (χ1v) is 8.60. The summed E-state index contributed by atoms with van der Waals surface area (Å²) in [4.78, 5) is 2.70. The van der Waals surface area contributed by atoms with Crippen molar-refractivity contribution >= 4 is 6.08 Å². The molecule has 3 nitrogen and oxygen atoms in total. The van der Waals surface area contributed by atoms with Gasteiger partial charge in [-0.2, -0.15) is 0 Å². The quantitative estimate of drug-likeness (QED) is 0.809. The van der Waals surface area contributed by atoms with Crippen molar-refractivity contribution in [3.05, 3.63) is 23.1 Å². The smallest absolute Gasteiger partial charge is 0.159 e. The molecule has 0 saturated carbocycles. The first kappa shape index (κ1) is 14.8. The lowest BCUT2D eigenvalue weighted by molar-refractivity contribution is 0.0881. The molecule has 3 saturated heterocycles. The monoisotopic (exact) mass is 288 g/mol. The fourth-order valence-electron chi connectivity index (χ4n) is 4.08. The average Bonchev–Trinajstić information content (AvgIpc) is 2.92. The van der Waals surface area contributed by atoms with Crippen LogP contribution in [-0.4, -0.2) is 29.2 Å². The van der Waals surface area contributed by atoms with Gasteiger partial charge in [0, 0.05) is 12.1 Å². The van der Waals surface area contributed by atoms with Crippen molar-refractivity contribution in [2.75, 3.05) is 13.1 Å². The summed E-state index contributed by atoms with van der Waals surface area (Å²) in [5.74, 6) is 2.54. The van der Waals surface area contributed by atoms with Crippen molar-refractivity contribution in [3.8, 4) is 0 Å². The van der Waals surface area contributed by atoms with E-state index < -0.39 is 0 Å². The first-order valence-electron chi connectivity index (χ1n) is 8.60. The number of aryl methyl sites for hydroxylation is 1. The summed E-state index contributed by atoms with van der Waals surface area (Å²) in [6, 6.07) is 2.69. The SMILES string of the molecule is CCC(CC)C[C@H]1/C(=C/c2cc(C)no2)C2CCN1CC2. The molecule has 0 aliphatic carbocycles. The van der Waals surface area contributed by atoms with Crippen LogP contribution in [0.4, 0.5) is 0 Å². The zero-order valence-corrected chi connectivity index (χ0v) is 13.6. The molecule has 1 atom stereocenters. The molecule has 2 bridgehead atoms. The van der Waals surface area contributed by atoms with Crippen LogP contribution in [0.3, 0.4) is 0 Å². The van der Waals surface area contributed by atoms with Gasteiger partial charge >= 0.3 is 0 Å². The van der Waals surface area contributed by atoms with Crippen molar-refractivity contribution < 1.29 is 4.52 Å². The molecule has 0 aromatic carbocycles. The van der Waals surface area contributed by atoms with Gasteiger partial charge < -0.3 is 4.52 Å². The molecule has 0 amide bonds. The fourth-order valence-corrected chi connectivity index (χ4v) is 4.08. The van der Waals surface area contributed by atoms with Crippen molar-refractivity contribution in [2.45, 2.75) is 58.9 Å². The Morgan fingerprint density at radius 2 is 2.05 bits per heavy atom. The Hall–Kier alpha value is -1.09. The van der Waals surface area contributed by atoms with Crippen molar-refractivity contribution in [3.63, 3.8) is 0 Å². The number of aromatic nitrogens is 1. The molecule has 3 heteroatoms. The second kappa shape index (κ2) is 6.35. The van der Waals surface area contributed by atoms with Crippen LogP contribution in [-0.2, 0) is 0 Å². The van der Waals surface area contributed by atoms with Gasteiger partial charge in [0.05, 0.1) is 5.69 Å². The van der Waals surface area contributed by atoms with E-state index in [1.54, 1.807) is 5.57 Å². The second-order valence-corrected chi connectivity index (χ2v) is 6.76. The number of nitrogens with zero attached hydrogens (tertiary/aromatic N) is 2. The van der Waals surface area contributed by atoms with Gasteiger partial charge in [0.1, 0.15) is 0 Å². The Labute approximate surface area is 128 Å². The molecule has 3 aliphatic rings.